The van der Waals surface area contributed by atoms with Crippen LogP contribution in [0.5, 0.6) is 0 Å². The Balaban J connectivity index is 1.14. The number of aliphatic hydroxyl groups is 1. The Morgan fingerprint density at radius 3 is 1.06 bits per heavy atom. The van der Waals surface area contributed by atoms with Crippen LogP contribution in [0.4, 0.5) is 0 Å². The summed E-state index contributed by atoms with van der Waals surface area (Å²) in [5, 5.41) is 12.0. The molecule has 402 valence electrons. The van der Waals surface area contributed by atoms with Gasteiger partial charge in [0, 0.05) is 0 Å². The molecule has 2 aliphatic rings. The molecule has 0 amide bonds. The molecule has 0 radical (unpaired) electrons. The van der Waals surface area contributed by atoms with Crippen molar-refractivity contribution in [3.05, 3.63) is 251 Å². The Bertz CT molecular complexity index is 3190. The molecule has 7 aromatic rings. The summed E-state index contributed by atoms with van der Waals surface area (Å²) < 4.78 is 61.7. The van der Waals surface area contributed by atoms with Crippen LogP contribution in [-0.2, 0) is 47.4 Å². The zero-order valence-corrected chi connectivity index (χ0v) is 41.8. The van der Waals surface area contributed by atoms with E-state index in [0.29, 0.717) is 0 Å². The van der Waals surface area contributed by atoms with E-state index in [2.05, 4.69) is 0 Å². The number of esters is 7. The van der Waals surface area contributed by atoms with Gasteiger partial charge in [0.25, 0.3) is 0 Å². The van der Waals surface area contributed by atoms with Gasteiger partial charge in [0.15, 0.2) is 36.8 Å². The predicted octanol–water partition coefficient (Wildman–Crippen LogP) is 7.66. The van der Waals surface area contributed by atoms with Gasteiger partial charge in [0.1, 0.15) is 25.4 Å². The fraction of sp³-hybridized carbons (Fsp3) is 0.197. The number of carbonyl (C=O) groups excluding carboxylic acids is 7. The molecule has 79 heavy (non-hydrogen) atoms. The molecule has 0 aliphatic carbocycles. The average molecular weight is 1070 g/mol. The largest absolute Gasteiger partial charge is 0.459 e. The highest BCUT2D eigenvalue weighted by Gasteiger charge is 2.63. The molecule has 0 spiro atoms. The van der Waals surface area contributed by atoms with Crippen molar-refractivity contribution in [2.24, 2.45) is 0 Å². The molecule has 2 saturated heterocycles. The van der Waals surface area contributed by atoms with Gasteiger partial charge in [-0.2, -0.15) is 0 Å². The fourth-order valence-electron chi connectivity index (χ4n) is 8.65. The lowest BCUT2D eigenvalue weighted by atomic mass is 9.97. The lowest BCUT2D eigenvalue weighted by Crippen LogP contribution is -2.63. The minimum atomic E-state index is -2.60. The number of carbonyl (C=O) groups is 7. The van der Waals surface area contributed by atoms with Gasteiger partial charge in [-0.1, -0.05) is 127 Å². The van der Waals surface area contributed by atoms with Crippen LogP contribution in [0.2, 0.25) is 0 Å². The Morgan fingerprint density at radius 1 is 0.354 bits per heavy atom. The fourth-order valence-corrected chi connectivity index (χ4v) is 8.65. The number of ether oxygens (including phenoxy) is 10. The molecule has 18 nitrogen and oxygen atoms in total. The summed E-state index contributed by atoms with van der Waals surface area (Å²) in [5.74, 6) is -9.26. The third kappa shape index (κ3) is 13.4. The lowest BCUT2D eigenvalue weighted by Gasteiger charge is -2.44. The molecule has 2 heterocycles. The summed E-state index contributed by atoms with van der Waals surface area (Å²) in [6.07, 6.45) is -14.8. The van der Waals surface area contributed by atoms with Crippen LogP contribution in [0.3, 0.4) is 0 Å². The van der Waals surface area contributed by atoms with Crippen LogP contribution in [0.1, 0.15) is 72.5 Å². The Morgan fingerprint density at radius 2 is 0.671 bits per heavy atom. The van der Waals surface area contributed by atoms with Crippen LogP contribution in [0.25, 0.3) is 0 Å². The highest BCUT2D eigenvalue weighted by Crippen LogP contribution is 2.40. The smallest absolute Gasteiger partial charge is 0.338 e. The first-order chi connectivity index (χ1) is 38.5. The van der Waals surface area contributed by atoms with Gasteiger partial charge in [0.2, 0.25) is 5.79 Å². The lowest BCUT2D eigenvalue weighted by molar-refractivity contribution is -0.319. The van der Waals surface area contributed by atoms with Crippen molar-refractivity contribution in [1.29, 1.82) is 0 Å². The molecule has 9 unspecified atom stereocenters. The summed E-state index contributed by atoms with van der Waals surface area (Å²) in [6.45, 7) is -2.57. The molecule has 2 aliphatic heterocycles. The van der Waals surface area contributed by atoms with Crippen molar-refractivity contribution >= 4 is 41.8 Å². The van der Waals surface area contributed by atoms with Gasteiger partial charge in [-0.3, -0.25) is 0 Å². The first-order valence-corrected chi connectivity index (χ1v) is 24.9. The van der Waals surface area contributed by atoms with E-state index in [4.69, 9.17) is 47.4 Å². The van der Waals surface area contributed by atoms with Gasteiger partial charge in [-0.25, -0.2) is 33.6 Å². The van der Waals surface area contributed by atoms with Crippen molar-refractivity contribution in [3.63, 3.8) is 0 Å². The molecule has 2 fully saturated rings. The van der Waals surface area contributed by atoms with Crippen LogP contribution < -0.4 is 0 Å². The zero-order chi connectivity index (χ0) is 55.1. The summed E-state index contributed by atoms with van der Waals surface area (Å²) >= 11 is 0. The minimum absolute atomic E-state index is 0.00978. The van der Waals surface area contributed by atoms with E-state index in [1.165, 1.54) is 84.9 Å². The van der Waals surface area contributed by atoms with Gasteiger partial charge in [0.05, 0.1) is 45.6 Å². The maximum atomic E-state index is 14.4. The van der Waals surface area contributed by atoms with E-state index >= 15 is 0 Å². The zero-order valence-electron chi connectivity index (χ0n) is 41.8. The van der Waals surface area contributed by atoms with E-state index in [9.17, 15) is 38.7 Å². The topological polar surface area (TPSA) is 232 Å². The van der Waals surface area contributed by atoms with Crippen LogP contribution in [-0.4, -0.2) is 122 Å². The predicted molar refractivity (Wildman–Crippen MR) is 276 cm³/mol. The molecule has 1 N–H and O–H groups in total. The van der Waals surface area contributed by atoms with Crippen LogP contribution in [0.15, 0.2) is 212 Å². The Labute approximate surface area is 452 Å². The highest BCUT2D eigenvalue weighted by molar-refractivity contribution is 5.93. The van der Waals surface area contributed by atoms with E-state index in [0.717, 1.165) is 0 Å². The maximum Gasteiger partial charge on any atom is 0.338 e. The molecule has 0 aromatic heterocycles. The van der Waals surface area contributed by atoms with Crippen molar-refractivity contribution in [2.75, 3.05) is 19.8 Å². The molecule has 0 saturated carbocycles. The third-order valence-corrected chi connectivity index (χ3v) is 12.6. The minimum Gasteiger partial charge on any atom is -0.459 e. The highest BCUT2D eigenvalue weighted by atomic mass is 16.8. The maximum absolute atomic E-state index is 14.4. The SMILES string of the molecule is O=C(OCC1OC(COC(=O)c2ccccc2)(OCC2OC(O)C(OC(=O)c3ccccc3)C(OC(=O)c3ccccc3)C2OC(=O)c2ccccc2)C(OC(=O)c2ccccc2)C1OC(=O)c1ccccc1)c1ccccc1. The van der Waals surface area contributed by atoms with Gasteiger partial charge in [-0.15, -0.1) is 0 Å². The van der Waals surface area contributed by atoms with Crippen molar-refractivity contribution in [2.45, 2.75) is 54.8 Å². The van der Waals surface area contributed by atoms with Crippen LogP contribution in [0, 0.1) is 0 Å². The molecular weight excluding hydrogens is 1020 g/mol. The second kappa shape index (κ2) is 25.7. The van der Waals surface area contributed by atoms with E-state index in [-0.39, 0.29) is 38.9 Å². The normalized spacial score (nSPS) is 22.2. The van der Waals surface area contributed by atoms with Crippen molar-refractivity contribution < 1.29 is 86.0 Å². The Kier molecular flexibility index (Phi) is 17.7. The first kappa shape index (κ1) is 54.5. The first-order valence-electron chi connectivity index (χ1n) is 24.9. The second-order valence-electron chi connectivity index (χ2n) is 17.9. The summed E-state index contributed by atoms with van der Waals surface area (Å²) in [6, 6.07) is 54.2. The number of benzene rings is 7. The number of hydrogen-bond acceptors (Lipinski definition) is 18. The van der Waals surface area contributed by atoms with Gasteiger partial charge in [-0.05, 0) is 84.9 Å². The quantitative estimate of drug-likeness (QED) is 0.0605. The van der Waals surface area contributed by atoms with Crippen molar-refractivity contribution in [1.82, 2.24) is 0 Å². The number of aliphatic hydroxyl groups excluding tert-OH is 1. The standard InChI is InChI=1S/C61H50O18/c62-53(39-22-8-1-9-23-39)70-36-47-49(75-56(65)42-28-14-4-15-29-42)52(78-59(68)45-34-20-7-21-35-45)61(79-47,38-71-54(63)40-24-10-2-11-25-40)72-37-46-48(74-55(64)41-26-12-3-13-27-41)50(76-57(66)43-30-16-5-17-31-43)51(60(69)73-46)77-58(67)44-32-18-6-19-33-44/h1-35,46-52,60,69H,36-38H2. The van der Waals surface area contributed by atoms with Crippen molar-refractivity contribution in [3.8, 4) is 0 Å². The molecule has 9 rings (SSSR count). The molecular formula is C61H50O18. The molecule has 0 bridgehead atoms. The van der Waals surface area contributed by atoms with E-state index < -0.39 is 116 Å². The summed E-state index contributed by atoms with van der Waals surface area (Å²) in [7, 11) is 0. The summed E-state index contributed by atoms with van der Waals surface area (Å²) in [5.41, 5.74) is 0.357. The Hall–Kier alpha value is -9.33. The van der Waals surface area contributed by atoms with Crippen LogP contribution >= 0.6 is 0 Å². The van der Waals surface area contributed by atoms with Gasteiger partial charge >= 0.3 is 41.8 Å². The summed E-state index contributed by atoms with van der Waals surface area (Å²) in [4.78, 5) is 98.1. The number of rotatable bonds is 19. The number of hydrogen-bond donors (Lipinski definition) is 1. The molecule has 7 aromatic carbocycles. The molecule has 18 heteroatoms. The monoisotopic (exact) mass is 1070 g/mol. The average Bonchev–Trinajstić information content (AvgIpc) is 3.98. The second-order valence-corrected chi connectivity index (χ2v) is 17.9. The van der Waals surface area contributed by atoms with E-state index in [1.54, 1.807) is 127 Å². The molecule has 9 atom stereocenters. The van der Waals surface area contributed by atoms with E-state index in [1.807, 2.05) is 0 Å². The van der Waals surface area contributed by atoms with Gasteiger partial charge < -0.3 is 52.5 Å². The third-order valence-electron chi connectivity index (χ3n) is 12.6.